The number of carbonyl (C=O) groups is 2. The molecule has 1 amide bonds. The molecule has 1 unspecified atom stereocenters. The maximum Gasteiger partial charge on any atom is 0.328 e. The van der Waals surface area contributed by atoms with Gasteiger partial charge in [0.15, 0.2) is 0 Å². The summed E-state index contributed by atoms with van der Waals surface area (Å²) in [6.07, 6.45) is 1.71. The second-order valence-electron chi connectivity index (χ2n) is 4.59. The summed E-state index contributed by atoms with van der Waals surface area (Å²) < 4.78 is 10.3. The molecule has 1 heterocycles. The molecule has 1 atom stereocenters. The lowest BCUT2D eigenvalue weighted by Gasteiger charge is -2.19. The number of hydrogen-bond donors (Lipinski definition) is 1. The van der Waals surface area contributed by atoms with Gasteiger partial charge in [0, 0.05) is 10.6 Å². The third-order valence-electron chi connectivity index (χ3n) is 2.96. The second-order valence-corrected chi connectivity index (χ2v) is 5.02. The summed E-state index contributed by atoms with van der Waals surface area (Å²) in [5, 5.41) is 3.15. The van der Waals surface area contributed by atoms with Crippen LogP contribution < -0.4 is 10.1 Å². The Balaban J connectivity index is 2.08. The minimum Gasteiger partial charge on any atom is -0.488 e. The van der Waals surface area contributed by atoms with Gasteiger partial charge in [0.25, 0.3) is 5.91 Å². The average Bonchev–Trinajstić information content (AvgIpc) is 2.46. The Morgan fingerprint density at radius 1 is 1.48 bits per heavy atom. The SMILES string of the molecule is CCOC(=O)C(C)NC(=O)C1=Cc2cc(Cl)ccc2OC1. The smallest absolute Gasteiger partial charge is 0.328 e. The van der Waals surface area contributed by atoms with Gasteiger partial charge < -0.3 is 14.8 Å². The molecule has 0 aliphatic carbocycles. The number of rotatable bonds is 4. The van der Waals surface area contributed by atoms with E-state index in [9.17, 15) is 9.59 Å². The number of amides is 1. The minimum atomic E-state index is -0.709. The summed E-state index contributed by atoms with van der Waals surface area (Å²) in [7, 11) is 0. The minimum absolute atomic E-state index is 0.149. The second kappa shape index (κ2) is 6.63. The van der Waals surface area contributed by atoms with Gasteiger partial charge in [0.1, 0.15) is 18.4 Å². The van der Waals surface area contributed by atoms with E-state index in [1.54, 1.807) is 38.1 Å². The largest absolute Gasteiger partial charge is 0.488 e. The molecule has 0 saturated heterocycles. The molecule has 1 aliphatic heterocycles. The molecular formula is C15H16ClNO4. The molecule has 1 aliphatic rings. The summed E-state index contributed by atoms with van der Waals surface area (Å²) in [6.45, 7) is 3.71. The first kappa shape index (κ1) is 15.4. The zero-order valence-corrected chi connectivity index (χ0v) is 12.6. The molecule has 6 heteroatoms. The van der Waals surface area contributed by atoms with Gasteiger partial charge in [-0.2, -0.15) is 0 Å². The lowest BCUT2D eigenvalue weighted by atomic mass is 10.1. The first-order valence-electron chi connectivity index (χ1n) is 6.61. The highest BCUT2D eigenvalue weighted by atomic mass is 35.5. The van der Waals surface area contributed by atoms with Crippen molar-refractivity contribution in [3.05, 3.63) is 34.4 Å². The van der Waals surface area contributed by atoms with Gasteiger partial charge in [-0.1, -0.05) is 11.6 Å². The fourth-order valence-electron chi connectivity index (χ4n) is 1.90. The molecule has 0 bridgehead atoms. The fourth-order valence-corrected chi connectivity index (χ4v) is 2.08. The molecule has 1 N–H and O–H groups in total. The molecule has 1 aromatic carbocycles. The van der Waals surface area contributed by atoms with Crippen LogP contribution in [0.1, 0.15) is 19.4 Å². The van der Waals surface area contributed by atoms with Gasteiger partial charge in [-0.3, -0.25) is 4.79 Å². The van der Waals surface area contributed by atoms with Crippen molar-refractivity contribution in [2.75, 3.05) is 13.2 Å². The van der Waals surface area contributed by atoms with Crippen molar-refractivity contribution in [2.45, 2.75) is 19.9 Å². The zero-order chi connectivity index (χ0) is 15.4. The maximum absolute atomic E-state index is 12.1. The van der Waals surface area contributed by atoms with Crippen LogP contribution in [-0.4, -0.2) is 31.1 Å². The molecule has 112 valence electrons. The van der Waals surface area contributed by atoms with Crippen LogP contribution in [0.5, 0.6) is 5.75 Å². The molecule has 0 spiro atoms. The topological polar surface area (TPSA) is 64.6 Å². The number of benzene rings is 1. The molecule has 21 heavy (non-hydrogen) atoms. The molecular weight excluding hydrogens is 294 g/mol. The highest BCUT2D eigenvalue weighted by Crippen LogP contribution is 2.28. The monoisotopic (exact) mass is 309 g/mol. The molecule has 1 aromatic rings. The van der Waals surface area contributed by atoms with E-state index in [0.717, 1.165) is 5.56 Å². The van der Waals surface area contributed by atoms with Gasteiger partial charge in [0.2, 0.25) is 0 Å². The summed E-state index contributed by atoms with van der Waals surface area (Å²) >= 11 is 5.92. The van der Waals surface area contributed by atoms with Crippen molar-refractivity contribution in [3.63, 3.8) is 0 Å². The lowest BCUT2D eigenvalue weighted by Crippen LogP contribution is -2.41. The van der Waals surface area contributed by atoms with Crippen LogP contribution in [0, 0.1) is 0 Å². The van der Waals surface area contributed by atoms with E-state index < -0.39 is 12.0 Å². The van der Waals surface area contributed by atoms with E-state index in [1.807, 2.05) is 0 Å². The fraction of sp³-hybridized carbons (Fsp3) is 0.333. The Hall–Kier alpha value is -2.01. The average molecular weight is 310 g/mol. The van der Waals surface area contributed by atoms with E-state index in [4.69, 9.17) is 21.1 Å². The van der Waals surface area contributed by atoms with Crippen LogP contribution >= 0.6 is 11.6 Å². The number of carbonyl (C=O) groups excluding carboxylic acids is 2. The first-order valence-corrected chi connectivity index (χ1v) is 6.99. The number of hydrogen-bond acceptors (Lipinski definition) is 4. The Kier molecular flexibility index (Phi) is 4.85. The van der Waals surface area contributed by atoms with Crippen LogP contribution in [0.3, 0.4) is 0 Å². The van der Waals surface area contributed by atoms with Gasteiger partial charge >= 0.3 is 5.97 Å². The van der Waals surface area contributed by atoms with E-state index in [-0.39, 0.29) is 19.1 Å². The lowest BCUT2D eigenvalue weighted by molar-refractivity contribution is -0.146. The van der Waals surface area contributed by atoms with Crippen molar-refractivity contribution in [2.24, 2.45) is 0 Å². The molecule has 2 rings (SSSR count). The van der Waals surface area contributed by atoms with Gasteiger partial charge in [-0.05, 0) is 38.1 Å². The summed E-state index contributed by atoms with van der Waals surface area (Å²) in [6, 6.07) is 4.49. The Labute approximate surface area is 127 Å². The summed E-state index contributed by atoms with van der Waals surface area (Å²) in [4.78, 5) is 23.6. The third kappa shape index (κ3) is 3.76. The first-order chi connectivity index (χ1) is 10.0. The standard InChI is InChI=1S/C15H16ClNO4/c1-3-20-15(19)9(2)17-14(18)11-6-10-7-12(16)4-5-13(10)21-8-11/h4-7,9H,3,8H2,1-2H3,(H,17,18). The maximum atomic E-state index is 12.1. The Bertz CT molecular complexity index is 597. The van der Waals surface area contributed by atoms with Gasteiger partial charge in [-0.25, -0.2) is 4.79 Å². The highest BCUT2D eigenvalue weighted by molar-refractivity contribution is 6.30. The van der Waals surface area contributed by atoms with Crippen LogP contribution in [0.15, 0.2) is 23.8 Å². The third-order valence-corrected chi connectivity index (χ3v) is 3.20. The number of nitrogens with one attached hydrogen (secondary N) is 1. The molecule has 0 radical (unpaired) electrons. The highest BCUT2D eigenvalue weighted by Gasteiger charge is 2.22. The van der Waals surface area contributed by atoms with E-state index in [0.29, 0.717) is 16.3 Å². The van der Waals surface area contributed by atoms with Crippen molar-refractivity contribution in [3.8, 4) is 5.75 Å². The van der Waals surface area contributed by atoms with E-state index in [1.165, 1.54) is 0 Å². The molecule has 0 aromatic heterocycles. The van der Waals surface area contributed by atoms with Gasteiger partial charge in [-0.15, -0.1) is 0 Å². The van der Waals surface area contributed by atoms with E-state index >= 15 is 0 Å². The number of ether oxygens (including phenoxy) is 2. The van der Waals surface area contributed by atoms with Gasteiger partial charge in [0.05, 0.1) is 12.2 Å². The number of fused-ring (bicyclic) bond motifs is 1. The van der Waals surface area contributed by atoms with Crippen LogP contribution in [0.2, 0.25) is 5.02 Å². The number of esters is 1. The molecule has 5 nitrogen and oxygen atoms in total. The summed E-state index contributed by atoms with van der Waals surface area (Å²) in [5.41, 5.74) is 1.17. The van der Waals surface area contributed by atoms with Crippen LogP contribution in [0.4, 0.5) is 0 Å². The van der Waals surface area contributed by atoms with Crippen molar-refractivity contribution < 1.29 is 19.1 Å². The van der Waals surface area contributed by atoms with E-state index in [2.05, 4.69) is 5.32 Å². The van der Waals surface area contributed by atoms with Crippen molar-refractivity contribution in [1.82, 2.24) is 5.32 Å². The molecule has 0 saturated carbocycles. The number of halogens is 1. The summed E-state index contributed by atoms with van der Waals surface area (Å²) in [5.74, 6) is -0.151. The molecule has 0 fully saturated rings. The predicted octanol–water partition coefficient (Wildman–Crippen LogP) is 2.18. The van der Waals surface area contributed by atoms with Crippen molar-refractivity contribution in [1.29, 1.82) is 0 Å². The quantitative estimate of drug-likeness (QED) is 0.866. The van der Waals surface area contributed by atoms with Crippen LogP contribution in [0.25, 0.3) is 6.08 Å². The normalized spacial score (nSPS) is 14.3. The zero-order valence-electron chi connectivity index (χ0n) is 11.8. The Morgan fingerprint density at radius 3 is 2.95 bits per heavy atom. The predicted molar refractivity (Wildman–Crippen MR) is 79.2 cm³/mol. The van der Waals surface area contributed by atoms with Crippen molar-refractivity contribution >= 4 is 29.6 Å². The van der Waals surface area contributed by atoms with Crippen LogP contribution in [-0.2, 0) is 14.3 Å². The Morgan fingerprint density at radius 2 is 2.24 bits per heavy atom.